The van der Waals surface area contributed by atoms with E-state index in [9.17, 15) is 17.6 Å². The van der Waals surface area contributed by atoms with Crippen molar-refractivity contribution in [2.24, 2.45) is 0 Å². The number of carbonyl (C=O) groups is 1. The molecule has 8 heteroatoms. The Bertz CT molecular complexity index is 808. The Morgan fingerprint density at radius 2 is 2.05 bits per heavy atom. The highest BCUT2D eigenvalue weighted by molar-refractivity contribution is 7.90. The van der Waals surface area contributed by atoms with Crippen LogP contribution >= 0.6 is 11.6 Å². The summed E-state index contributed by atoms with van der Waals surface area (Å²) < 4.78 is 38.2. The maximum absolute atomic E-state index is 13.7. The van der Waals surface area contributed by atoms with Gasteiger partial charge in [0.2, 0.25) is 0 Å². The first-order valence-corrected chi connectivity index (χ1v) is 7.68. The van der Waals surface area contributed by atoms with Crippen molar-refractivity contribution in [2.75, 3.05) is 0 Å². The van der Waals surface area contributed by atoms with Crippen molar-refractivity contribution in [2.45, 2.75) is 10.6 Å². The second-order valence-corrected chi connectivity index (χ2v) is 6.54. The predicted molar refractivity (Wildman–Crippen MR) is 73.5 cm³/mol. The molecule has 2 aromatic rings. The first kappa shape index (κ1) is 15.4. The average molecular weight is 330 g/mol. The number of carboxylic acids is 1. The van der Waals surface area contributed by atoms with Crippen LogP contribution in [0.3, 0.4) is 0 Å². The molecule has 0 saturated carbocycles. The van der Waals surface area contributed by atoms with Crippen LogP contribution in [-0.4, -0.2) is 24.5 Å². The minimum Gasteiger partial charge on any atom is -0.478 e. The number of aromatic carboxylic acids is 1. The molecular weight excluding hydrogens is 321 g/mol. The maximum Gasteiger partial charge on any atom is 0.335 e. The fourth-order valence-corrected chi connectivity index (χ4v) is 3.43. The first-order chi connectivity index (χ1) is 9.81. The van der Waals surface area contributed by atoms with Gasteiger partial charge in [0.25, 0.3) is 0 Å². The van der Waals surface area contributed by atoms with Gasteiger partial charge < -0.3 is 5.11 Å². The summed E-state index contributed by atoms with van der Waals surface area (Å²) in [4.78, 5) is 13.9. The summed E-state index contributed by atoms with van der Waals surface area (Å²) in [6.07, 6.45) is 2.64. The zero-order valence-electron chi connectivity index (χ0n) is 10.5. The van der Waals surface area contributed by atoms with Gasteiger partial charge in [0, 0.05) is 12.4 Å². The number of nitrogens with zero attached hydrogens (tertiary/aromatic N) is 1. The lowest BCUT2D eigenvalue weighted by molar-refractivity contribution is 0.0696. The molecule has 0 amide bonds. The third-order valence-corrected chi connectivity index (χ3v) is 4.73. The molecule has 0 aliphatic carbocycles. The molecule has 0 unspecified atom stereocenters. The van der Waals surface area contributed by atoms with E-state index in [0.29, 0.717) is 0 Å². The number of pyridine rings is 1. The molecule has 0 saturated heterocycles. The number of benzene rings is 1. The van der Waals surface area contributed by atoms with E-state index in [1.165, 1.54) is 18.5 Å². The topological polar surface area (TPSA) is 84.3 Å². The van der Waals surface area contributed by atoms with Gasteiger partial charge in [0.05, 0.1) is 16.3 Å². The number of hydrogen-bond acceptors (Lipinski definition) is 4. The second kappa shape index (κ2) is 5.79. The number of carboxylic acid groups (broad SMARTS) is 1. The van der Waals surface area contributed by atoms with Crippen LogP contribution in [0.25, 0.3) is 0 Å². The quantitative estimate of drug-likeness (QED) is 0.931. The molecule has 1 aromatic heterocycles. The smallest absolute Gasteiger partial charge is 0.335 e. The minimum atomic E-state index is -4.07. The maximum atomic E-state index is 13.7. The Morgan fingerprint density at radius 3 is 2.67 bits per heavy atom. The Hall–Kier alpha value is -1.99. The number of rotatable bonds is 4. The molecule has 0 bridgehead atoms. The molecule has 2 rings (SSSR count). The van der Waals surface area contributed by atoms with E-state index >= 15 is 0 Å². The van der Waals surface area contributed by atoms with Gasteiger partial charge >= 0.3 is 5.97 Å². The normalized spacial score (nSPS) is 11.3. The Balaban J connectivity index is 2.47. The second-order valence-electron chi connectivity index (χ2n) is 4.18. The van der Waals surface area contributed by atoms with Crippen LogP contribution in [0.1, 0.15) is 15.9 Å². The SMILES string of the molecule is O=C(O)c1ccc(F)c(S(=O)(=O)Cc2ccncc2Cl)c1. The third-order valence-electron chi connectivity index (χ3n) is 2.72. The molecular formula is C13H9ClFNO4S. The molecule has 0 aliphatic rings. The Kier molecular flexibility index (Phi) is 4.24. The number of hydrogen-bond donors (Lipinski definition) is 1. The van der Waals surface area contributed by atoms with Gasteiger partial charge in [-0.2, -0.15) is 0 Å². The summed E-state index contributed by atoms with van der Waals surface area (Å²) in [5, 5.41) is 8.99. The highest BCUT2D eigenvalue weighted by Gasteiger charge is 2.22. The zero-order valence-corrected chi connectivity index (χ0v) is 12.0. The molecule has 5 nitrogen and oxygen atoms in total. The van der Waals surface area contributed by atoms with Gasteiger partial charge in [-0.05, 0) is 29.8 Å². The molecule has 21 heavy (non-hydrogen) atoms. The van der Waals surface area contributed by atoms with Gasteiger partial charge in [0.15, 0.2) is 9.84 Å². The molecule has 0 spiro atoms. The van der Waals surface area contributed by atoms with E-state index in [1.807, 2.05) is 0 Å². The lowest BCUT2D eigenvalue weighted by Gasteiger charge is -2.08. The van der Waals surface area contributed by atoms with Crippen LogP contribution < -0.4 is 0 Å². The largest absolute Gasteiger partial charge is 0.478 e. The van der Waals surface area contributed by atoms with E-state index in [2.05, 4.69) is 4.98 Å². The van der Waals surface area contributed by atoms with E-state index in [-0.39, 0.29) is 16.1 Å². The first-order valence-electron chi connectivity index (χ1n) is 5.65. The van der Waals surface area contributed by atoms with Crippen LogP contribution in [0.4, 0.5) is 4.39 Å². The fourth-order valence-electron chi connectivity index (χ4n) is 1.68. The van der Waals surface area contributed by atoms with Gasteiger partial charge in [-0.25, -0.2) is 17.6 Å². The summed E-state index contributed by atoms with van der Waals surface area (Å²) in [6.45, 7) is 0. The molecule has 1 heterocycles. The van der Waals surface area contributed by atoms with Crippen molar-refractivity contribution >= 4 is 27.4 Å². The Labute approximate surface area is 124 Å². The molecule has 0 fully saturated rings. The van der Waals surface area contributed by atoms with Crippen LogP contribution in [0.2, 0.25) is 5.02 Å². The predicted octanol–water partition coefficient (Wildman–Crippen LogP) is 2.55. The van der Waals surface area contributed by atoms with Crippen LogP contribution in [-0.2, 0) is 15.6 Å². The Morgan fingerprint density at radius 1 is 1.33 bits per heavy atom. The molecule has 0 atom stereocenters. The number of sulfone groups is 1. The van der Waals surface area contributed by atoms with Crippen molar-refractivity contribution in [3.8, 4) is 0 Å². The fraction of sp³-hybridized carbons (Fsp3) is 0.0769. The number of aromatic nitrogens is 1. The molecule has 1 aromatic carbocycles. The number of halogens is 2. The molecule has 1 N–H and O–H groups in total. The summed E-state index contributed by atoms with van der Waals surface area (Å²) in [7, 11) is -4.07. The highest BCUT2D eigenvalue weighted by atomic mass is 35.5. The highest BCUT2D eigenvalue weighted by Crippen LogP contribution is 2.24. The monoisotopic (exact) mass is 329 g/mol. The van der Waals surface area contributed by atoms with Crippen molar-refractivity contribution in [1.82, 2.24) is 4.98 Å². The van der Waals surface area contributed by atoms with Crippen LogP contribution in [0, 0.1) is 5.82 Å². The summed E-state index contributed by atoms with van der Waals surface area (Å²) in [6, 6.07) is 4.00. The van der Waals surface area contributed by atoms with Crippen molar-refractivity contribution in [1.29, 1.82) is 0 Å². The van der Waals surface area contributed by atoms with Crippen molar-refractivity contribution in [3.63, 3.8) is 0 Å². The lowest BCUT2D eigenvalue weighted by atomic mass is 10.2. The molecule has 0 aliphatic heterocycles. The van der Waals surface area contributed by atoms with Crippen molar-refractivity contribution < 1.29 is 22.7 Å². The molecule has 0 radical (unpaired) electrons. The summed E-state index contributed by atoms with van der Waals surface area (Å²) in [5.74, 6) is -2.90. The van der Waals surface area contributed by atoms with E-state index in [4.69, 9.17) is 16.7 Å². The lowest BCUT2D eigenvalue weighted by Crippen LogP contribution is -2.09. The van der Waals surface area contributed by atoms with Gasteiger partial charge in [0.1, 0.15) is 10.7 Å². The van der Waals surface area contributed by atoms with E-state index in [1.54, 1.807) is 0 Å². The van der Waals surface area contributed by atoms with E-state index < -0.39 is 32.3 Å². The summed E-state index contributed by atoms with van der Waals surface area (Å²) >= 11 is 5.82. The van der Waals surface area contributed by atoms with Gasteiger partial charge in [-0.1, -0.05) is 11.6 Å². The standard InChI is InChI=1S/C13H9ClFNO4S/c14-10-6-16-4-3-9(10)7-21(19,20)12-5-8(13(17)18)1-2-11(12)15/h1-6H,7H2,(H,17,18). The summed E-state index contributed by atoms with van der Waals surface area (Å²) in [5.41, 5.74) is -0.0532. The third kappa shape index (κ3) is 3.37. The van der Waals surface area contributed by atoms with Crippen molar-refractivity contribution in [3.05, 3.63) is 58.6 Å². The molecule has 110 valence electrons. The average Bonchev–Trinajstić information content (AvgIpc) is 2.41. The minimum absolute atomic E-state index is 0.135. The van der Waals surface area contributed by atoms with E-state index in [0.717, 1.165) is 18.2 Å². The van der Waals surface area contributed by atoms with Gasteiger partial charge in [-0.15, -0.1) is 0 Å². The van der Waals surface area contributed by atoms with Crippen LogP contribution in [0.5, 0.6) is 0 Å². The van der Waals surface area contributed by atoms with Gasteiger partial charge in [-0.3, -0.25) is 4.98 Å². The zero-order chi connectivity index (χ0) is 15.6. The van der Waals surface area contributed by atoms with Crippen LogP contribution in [0.15, 0.2) is 41.6 Å².